The summed E-state index contributed by atoms with van der Waals surface area (Å²) in [6, 6.07) is 9.44. The van der Waals surface area contributed by atoms with Gasteiger partial charge >= 0.3 is 6.16 Å². The van der Waals surface area contributed by atoms with E-state index < -0.39 is 6.16 Å². The van der Waals surface area contributed by atoms with Gasteiger partial charge in [0.15, 0.2) is 0 Å². The summed E-state index contributed by atoms with van der Waals surface area (Å²) in [5.74, 6) is 2.39. The Labute approximate surface area is 190 Å². The van der Waals surface area contributed by atoms with Crippen molar-refractivity contribution in [2.24, 2.45) is 11.8 Å². The molecule has 2 fully saturated rings. The Morgan fingerprint density at radius 2 is 1.55 bits per heavy atom. The molecule has 31 heavy (non-hydrogen) atoms. The lowest BCUT2D eigenvalue weighted by atomic mass is 9.66. The number of unbranched alkanes of at least 4 members (excludes halogenated alkanes) is 2. The summed E-state index contributed by atoms with van der Waals surface area (Å²) in [5, 5.41) is 0. The molecule has 0 spiro atoms. The maximum atomic E-state index is 11.9. The number of rotatable bonds is 9. The van der Waals surface area contributed by atoms with E-state index in [0.717, 1.165) is 43.4 Å². The highest BCUT2D eigenvalue weighted by atomic mass is 16.7. The summed E-state index contributed by atoms with van der Waals surface area (Å²) in [5.41, 5.74) is 2.73. The van der Waals surface area contributed by atoms with Gasteiger partial charge in [0.05, 0.1) is 7.11 Å². The number of ether oxygens (including phenoxy) is 2. The van der Waals surface area contributed by atoms with E-state index in [1.165, 1.54) is 76.9 Å². The number of aryl methyl sites for hydroxylation is 1. The van der Waals surface area contributed by atoms with E-state index in [4.69, 9.17) is 9.47 Å². The SMILES string of the molecule is CCCCCC1(OC(=O)OC)CCC(C2CCC(c3ccc(CCC)cc3)CC2)CC1. The highest BCUT2D eigenvalue weighted by Crippen LogP contribution is 2.46. The molecule has 0 radical (unpaired) electrons. The normalized spacial score (nSPS) is 28.8. The fourth-order valence-corrected chi connectivity index (χ4v) is 6.13. The predicted molar refractivity (Wildman–Crippen MR) is 127 cm³/mol. The van der Waals surface area contributed by atoms with Gasteiger partial charge in [-0.15, -0.1) is 0 Å². The van der Waals surface area contributed by atoms with E-state index in [1.54, 1.807) is 5.56 Å². The van der Waals surface area contributed by atoms with Gasteiger partial charge in [-0.2, -0.15) is 0 Å². The first-order valence-corrected chi connectivity index (χ1v) is 12.9. The van der Waals surface area contributed by atoms with E-state index in [1.807, 2.05) is 0 Å². The molecule has 3 nitrogen and oxygen atoms in total. The molecule has 1 aromatic rings. The molecular weight excluding hydrogens is 384 g/mol. The zero-order chi connectivity index (χ0) is 22.1. The van der Waals surface area contributed by atoms with Crippen molar-refractivity contribution in [1.82, 2.24) is 0 Å². The zero-order valence-electron chi connectivity index (χ0n) is 20.2. The molecule has 2 saturated carbocycles. The smallest absolute Gasteiger partial charge is 0.438 e. The molecule has 0 heterocycles. The third-order valence-corrected chi connectivity index (χ3v) is 8.07. The van der Waals surface area contributed by atoms with E-state index in [-0.39, 0.29) is 5.60 Å². The summed E-state index contributed by atoms with van der Waals surface area (Å²) in [7, 11) is 1.42. The Hall–Kier alpha value is -1.51. The Bertz CT molecular complexity index is 649. The first-order chi connectivity index (χ1) is 15.1. The monoisotopic (exact) mass is 428 g/mol. The molecule has 0 aliphatic heterocycles. The topological polar surface area (TPSA) is 35.5 Å². The maximum absolute atomic E-state index is 11.9. The highest BCUT2D eigenvalue weighted by Gasteiger charge is 2.41. The van der Waals surface area contributed by atoms with Crippen molar-refractivity contribution >= 4 is 6.16 Å². The second kappa shape index (κ2) is 11.9. The Kier molecular flexibility index (Phi) is 9.29. The molecule has 174 valence electrons. The van der Waals surface area contributed by atoms with Crippen LogP contribution in [0.2, 0.25) is 0 Å². The fraction of sp³-hybridized carbons (Fsp3) is 0.750. The van der Waals surface area contributed by atoms with Crippen LogP contribution >= 0.6 is 0 Å². The number of methoxy groups -OCH3 is 1. The van der Waals surface area contributed by atoms with E-state index in [0.29, 0.717) is 0 Å². The lowest BCUT2D eigenvalue weighted by molar-refractivity contribution is -0.0674. The quantitative estimate of drug-likeness (QED) is 0.294. The molecule has 0 saturated heterocycles. The summed E-state index contributed by atoms with van der Waals surface area (Å²) in [4.78, 5) is 11.9. The molecule has 0 aromatic heterocycles. The number of carbonyl (C=O) groups excluding carboxylic acids is 1. The highest BCUT2D eigenvalue weighted by molar-refractivity contribution is 5.60. The van der Waals surface area contributed by atoms with Crippen LogP contribution < -0.4 is 0 Å². The Morgan fingerprint density at radius 1 is 0.903 bits per heavy atom. The molecule has 3 rings (SSSR count). The van der Waals surface area contributed by atoms with Gasteiger partial charge in [-0.3, -0.25) is 0 Å². The van der Waals surface area contributed by atoms with Gasteiger partial charge in [-0.1, -0.05) is 57.4 Å². The van der Waals surface area contributed by atoms with Crippen molar-refractivity contribution in [3.8, 4) is 0 Å². The summed E-state index contributed by atoms with van der Waals surface area (Å²) in [6.07, 6.45) is 16.2. The van der Waals surface area contributed by atoms with E-state index in [9.17, 15) is 4.79 Å². The van der Waals surface area contributed by atoms with Gasteiger partial charge in [-0.05, 0) is 99.5 Å². The standard InChI is InChI=1S/C28H44O3/c1-4-6-7-19-28(31-27(29)30-3)20-17-26(18-21-28)25-15-13-24(14-16-25)23-11-9-22(8-5-2)10-12-23/h9-12,24-26H,4-8,13-21H2,1-3H3. The minimum atomic E-state index is -0.500. The summed E-state index contributed by atoms with van der Waals surface area (Å²) in [6.45, 7) is 4.47. The van der Waals surface area contributed by atoms with Crippen molar-refractivity contribution in [1.29, 1.82) is 0 Å². The molecule has 2 aliphatic rings. The van der Waals surface area contributed by atoms with Gasteiger partial charge in [0.2, 0.25) is 0 Å². The third kappa shape index (κ3) is 6.73. The maximum Gasteiger partial charge on any atom is 0.508 e. The minimum absolute atomic E-state index is 0.282. The number of hydrogen-bond donors (Lipinski definition) is 0. The predicted octanol–water partition coefficient (Wildman–Crippen LogP) is 8.21. The van der Waals surface area contributed by atoms with Crippen LogP contribution in [0, 0.1) is 11.8 Å². The zero-order valence-corrected chi connectivity index (χ0v) is 20.2. The first-order valence-electron chi connectivity index (χ1n) is 12.9. The first kappa shape index (κ1) is 24.1. The lowest BCUT2D eigenvalue weighted by Crippen LogP contribution is -2.40. The van der Waals surface area contributed by atoms with E-state index in [2.05, 4.69) is 38.1 Å². The van der Waals surface area contributed by atoms with Crippen LogP contribution in [-0.4, -0.2) is 18.9 Å². The van der Waals surface area contributed by atoms with Crippen LogP contribution in [-0.2, 0) is 15.9 Å². The van der Waals surface area contributed by atoms with Gasteiger partial charge in [0.25, 0.3) is 0 Å². The summed E-state index contributed by atoms with van der Waals surface area (Å²) < 4.78 is 10.7. The minimum Gasteiger partial charge on any atom is -0.438 e. The average Bonchev–Trinajstić information content (AvgIpc) is 2.81. The van der Waals surface area contributed by atoms with Crippen molar-refractivity contribution in [2.75, 3.05) is 7.11 Å². The van der Waals surface area contributed by atoms with Crippen molar-refractivity contribution in [3.63, 3.8) is 0 Å². The van der Waals surface area contributed by atoms with Gasteiger partial charge < -0.3 is 9.47 Å². The van der Waals surface area contributed by atoms with Crippen molar-refractivity contribution in [2.45, 2.75) is 115 Å². The van der Waals surface area contributed by atoms with Gasteiger partial charge in [0, 0.05) is 0 Å². The van der Waals surface area contributed by atoms with Gasteiger partial charge in [-0.25, -0.2) is 4.79 Å². The average molecular weight is 429 g/mol. The molecular formula is C28H44O3. The van der Waals surface area contributed by atoms with Crippen molar-refractivity contribution in [3.05, 3.63) is 35.4 Å². The molecule has 1 aromatic carbocycles. The van der Waals surface area contributed by atoms with Crippen LogP contribution in [0.25, 0.3) is 0 Å². The van der Waals surface area contributed by atoms with Crippen LogP contribution in [0.3, 0.4) is 0 Å². The van der Waals surface area contributed by atoms with Crippen LogP contribution in [0.15, 0.2) is 24.3 Å². The molecule has 3 heteroatoms. The molecule has 0 amide bonds. The second-order valence-electron chi connectivity index (χ2n) is 10.1. The van der Waals surface area contributed by atoms with E-state index >= 15 is 0 Å². The molecule has 0 N–H and O–H groups in total. The molecule has 2 aliphatic carbocycles. The van der Waals surface area contributed by atoms with Crippen LogP contribution in [0.5, 0.6) is 0 Å². The van der Waals surface area contributed by atoms with Crippen LogP contribution in [0.1, 0.15) is 114 Å². The van der Waals surface area contributed by atoms with Crippen LogP contribution in [0.4, 0.5) is 4.79 Å². The molecule has 0 unspecified atom stereocenters. The largest absolute Gasteiger partial charge is 0.508 e. The fourth-order valence-electron chi connectivity index (χ4n) is 6.13. The van der Waals surface area contributed by atoms with Crippen molar-refractivity contribution < 1.29 is 14.3 Å². The third-order valence-electron chi connectivity index (χ3n) is 8.07. The molecule has 0 atom stereocenters. The second-order valence-corrected chi connectivity index (χ2v) is 10.1. The van der Waals surface area contributed by atoms with Gasteiger partial charge in [0.1, 0.15) is 5.60 Å². The molecule has 0 bridgehead atoms. The Balaban J connectivity index is 1.49. The lowest BCUT2D eigenvalue weighted by Gasteiger charge is -2.43. The number of benzene rings is 1. The Morgan fingerprint density at radius 3 is 2.13 bits per heavy atom. The number of carbonyl (C=O) groups is 1. The summed E-state index contributed by atoms with van der Waals surface area (Å²) >= 11 is 0. The number of hydrogen-bond acceptors (Lipinski definition) is 3.